The summed E-state index contributed by atoms with van der Waals surface area (Å²) >= 11 is 0. The standard InChI is InChI=1S/C33H29N9O4/c1-39(26-16-6-8-21-35-26)31(44)23-13-9-18-28(36-23)41(3)33(46)25-15-11-19-29(38-25)42(4)32(45)24-14-10-17-27(37-24)40(2)30(43)22-12-5-7-20-34-22/h5-21H,1-4H3. The van der Waals surface area contributed by atoms with Crippen molar-refractivity contribution in [1.29, 1.82) is 0 Å². The van der Waals surface area contributed by atoms with Crippen LogP contribution in [0.2, 0.25) is 0 Å². The number of carbonyl (C=O) groups is 4. The average molecular weight is 616 g/mol. The molecule has 0 aliphatic heterocycles. The second kappa shape index (κ2) is 13.5. The summed E-state index contributed by atoms with van der Waals surface area (Å²) in [7, 11) is 6.16. The third-order valence-corrected chi connectivity index (χ3v) is 6.99. The van der Waals surface area contributed by atoms with Crippen LogP contribution in [0.15, 0.2) is 103 Å². The van der Waals surface area contributed by atoms with Gasteiger partial charge in [0, 0.05) is 40.6 Å². The van der Waals surface area contributed by atoms with Crippen molar-refractivity contribution in [2.45, 2.75) is 0 Å². The molecular formula is C33H29N9O4. The Labute approximate surface area is 264 Å². The fraction of sp³-hybridized carbons (Fsp3) is 0.121. The van der Waals surface area contributed by atoms with Crippen LogP contribution in [0.3, 0.4) is 0 Å². The van der Waals surface area contributed by atoms with Gasteiger partial charge in [-0.05, 0) is 60.7 Å². The first kappa shape index (κ1) is 31.1. The highest BCUT2D eigenvalue weighted by Crippen LogP contribution is 2.19. The van der Waals surface area contributed by atoms with Gasteiger partial charge in [0.2, 0.25) is 0 Å². The highest BCUT2D eigenvalue weighted by Gasteiger charge is 2.23. The van der Waals surface area contributed by atoms with Crippen molar-refractivity contribution >= 4 is 46.9 Å². The summed E-state index contributed by atoms with van der Waals surface area (Å²) in [5.41, 5.74) is 0.477. The second-order valence-corrected chi connectivity index (χ2v) is 10.0. The number of nitrogens with zero attached hydrogens (tertiary/aromatic N) is 9. The molecule has 5 aromatic rings. The van der Waals surface area contributed by atoms with Gasteiger partial charge in [-0.3, -0.25) is 43.8 Å². The van der Waals surface area contributed by atoms with Crippen molar-refractivity contribution in [1.82, 2.24) is 24.9 Å². The monoisotopic (exact) mass is 615 g/mol. The molecule has 0 aliphatic rings. The molecule has 5 heterocycles. The van der Waals surface area contributed by atoms with Crippen LogP contribution in [-0.2, 0) is 0 Å². The summed E-state index contributed by atoms with van der Waals surface area (Å²) in [6, 6.07) is 24.5. The normalized spacial score (nSPS) is 10.5. The van der Waals surface area contributed by atoms with Gasteiger partial charge >= 0.3 is 0 Å². The molecule has 0 radical (unpaired) electrons. The van der Waals surface area contributed by atoms with Crippen molar-refractivity contribution < 1.29 is 19.2 Å². The number of amides is 4. The molecule has 46 heavy (non-hydrogen) atoms. The van der Waals surface area contributed by atoms with E-state index in [0.717, 1.165) is 0 Å². The van der Waals surface area contributed by atoms with Gasteiger partial charge < -0.3 is 0 Å². The molecule has 5 aromatic heterocycles. The Morgan fingerprint density at radius 2 is 0.717 bits per heavy atom. The summed E-state index contributed by atoms with van der Waals surface area (Å²) in [4.78, 5) is 79.4. The molecule has 5 rings (SSSR count). The van der Waals surface area contributed by atoms with Crippen molar-refractivity contribution in [3.05, 3.63) is 126 Å². The van der Waals surface area contributed by atoms with E-state index in [-0.39, 0.29) is 46.1 Å². The van der Waals surface area contributed by atoms with E-state index in [1.807, 2.05) is 0 Å². The molecule has 0 saturated heterocycles. The van der Waals surface area contributed by atoms with Crippen LogP contribution in [0.4, 0.5) is 23.3 Å². The number of pyridine rings is 5. The second-order valence-electron chi connectivity index (χ2n) is 10.0. The summed E-state index contributed by atoms with van der Waals surface area (Å²) in [6.45, 7) is 0. The third-order valence-electron chi connectivity index (χ3n) is 6.99. The van der Waals surface area contributed by atoms with Gasteiger partial charge in [-0.1, -0.05) is 30.3 Å². The zero-order chi connectivity index (χ0) is 32.8. The topological polar surface area (TPSA) is 146 Å². The number of anilines is 4. The van der Waals surface area contributed by atoms with Crippen LogP contribution in [0.1, 0.15) is 42.0 Å². The predicted molar refractivity (Wildman–Crippen MR) is 172 cm³/mol. The fourth-order valence-electron chi connectivity index (χ4n) is 4.33. The zero-order valence-corrected chi connectivity index (χ0v) is 25.5. The summed E-state index contributed by atoms with van der Waals surface area (Å²) in [5.74, 6) is -0.651. The summed E-state index contributed by atoms with van der Waals surface area (Å²) < 4.78 is 0. The SMILES string of the molecule is CN(C(=O)c1cccc(N(C)C(=O)c2cccc(N(C)C(=O)c3cccc(N(C)C(=O)c4ccccn4)n3)n2)n1)c1ccccn1. The van der Waals surface area contributed by atoms with Gasteiger partial charge in [0.05, 0.1) is 0 Å². The van der Waals surface area contributed by atoms with Crippen molar-refractivity contribution in [2.24, 2.45) is 0 Å². The third kappa shape index (κ3) is 6.58. The first-order chi connectivity index (χ1) is 22.2. The first-order valence-electron chi connectivity index (χ1n) is 14.0. The average Bonchev–Trinajstić information content (AvgIpc) is 3.13. The van der Waals surface area contributed by atoms with Crippen LogP contribution in [0.5, 0.6) is 0 Å². The highest BCUT2D eigenvalue weighted by molar-refractivity contribution is 6.08. The molecule has 0 bridgehead atoms. The molecular weight excluding hydrogens is 586 g/mol. The van der Waals surface area contributed by atoms with Crippen LogP contribution >= 0.6 is 0 Å². The number of hydrogen-bond acceptors (Lipinski definition) is 9. The van der Waals surface area contributed by atoms with E-state index >= 15 is 0 Å². The Kier molecular flexibility index (Phi) is 9.12. The number of carbonyl (C=O) groups excluding carboxylic acids is 4. The molecule has 0 unspecified atom stereocenters. The summed E-state index contributed by atoms with van der Waals surface area (Å²) in [6.07, 6.45) is 3.10. The Hall–Kier alpha value is -6.37. The van der Waals surface area contributed by atoms with E-state index in [4.69, 9.17) is 0 Å². The Balaban J connectivity index is 1.31. The molecule has 0 atom stereocenters. The fourth-order valence-corrected chi connectivity index (χ4v) is 4.33. The lowest BCUT2D eigenvalue weighted by Gasteiger charge is -2.20. The van der Waals surface area contributed by atoms with Gasteiger partial charge in [0.15, 0.2) is 0 Å². The largest absolute Gasteiger partial charge is 0.294 e. The molecule has 0 fully saturated rings. The minimum Gasteiger partial charge on any atom is -0.294 e. The van der Waals surface area contributed by atoms with E-state index in [2.05, 4.69) is 24.9 Å². The Morgan fingerprint density at radius 3 is 1.09 bits per heavy atom. The van der Waals surface area contributed by atoms with E-state index < -0.39 is 17.7 Å². The highest BCUT2D eigenvalue weighted by atomic mass is 16.2. The molecule has 0 aliphatic carbocycles. The van der Waals surface area contributed by atoms with E-state index in [1.165, 1.54) is 52.0 Å². The van der Waals surface area contributed by atoms with Crippen LogP contribution < -0.4 is 19.6 Å². The van der Waals surface area contributed by atoms with E-state index in [1.54, 1.807) is 99.2 Å². The lowest BCUT2D eigenvalue weighted by atomic mass is 10.2. The van der Waals surface area contributed by atoms with Gasteiger partial charge in [0.25, 0.3) is 23.6 Å². The minimum atomic E-state index is -0.507. The van der Waals surface area contributed by atoms with Gasteiger partial charge in [0.1, 0.15) is 46.0 Å². The number of aromatic nitrogens is 5. The molecule has 230 valence electrons. The summed E-state index contributed by atoms with van der Waals surface area (Å²) in [5, 5.41) is 0. The van der Waals surface area contributed by atoms with E-state index in [0.29, 0.717) is 5.82 Å². The molecule has 0 saturated carbocycles. The lowest BCUT2D eigenvalue weighted by Crippen LogP contribution is -2.32. The Morgan fingerprint density at radius 1 is 0.391 bits per heavy atom. The van der Waals surface area contributed by atoms with Gasteiger partial charge in [-0.15, -0.1) is 0 Å². The lowest BCUT2D eigenvalue weighted by molar-refractivity contribution is 0.0972. The maximum absolute atomic E-state index is 13.5. The van der Waals surface area contributed by atoms with E-state index in [9.17, 15) is 19.2 Å². The predicted octanol–water partition coefficient (Wildman–Crippen LogP) is 3.77. The van der Waals surface area contributed by atoms with Crippen LogP contribution in [0.25, 0.3) is 0 Å². The molecule has 13 heteroatoms. The van der Waals surface area contributed by atoms with Crippen molar-refractivity contribution in [3.8, 4) is 0 Å². The van der Waals surface area contributed by atoms with Gasteiger partial charge in [-0.25, -0.2) is 19.9 Å². The smallest absolute Gasteiger partial charge is 0.277 e. The zero-order valence-electron chi connectivity index (χ0n) is 25.5. The molecule has 0 aromatic carbocycles. The van der Waals surface area contributed by atoms with Crippen LogP contribution in [-0.4, -0.2) is 76.7 Å². The van der Waals surface area contributed by atoms with Crippen molar-refractivity contribution in [2.75, 3.05) is 47.8 Å². The first-order valence-corrected chi connectivity index (χ1v) is 14.0. The maximum Gasteiger partial charge on any atom is 0.277 e. The Bertz CT molecular complexity index is 1900. The molecule has 0 N–H and O–H groups in total. The quantitative estimate of drug-likeness (QED) is 0.255. The maximum atomic E-state index is 13.5. The molecule has 0 spiro atoms. The van der Waals surface area contributed by atoms with Gasteiger partial charge in [-0.2, -0.15) is 0 Å². The molecule has 4 amide bonds. The molecule has 13 nitrogen and oxygen atoms in total. The number of rotatable bonds is 8. The van der Waals surface area contributed by atoms with Crippen LogP contribution in [0, 0.1) is 0 Å². The van der Waals surface area contributed by atoms with Crippen molar-refractivity contribution in [3.63, 3.8) is 0 Å². The minimum absolute atomic E-state index is 0.0474. The number of hydrogen-bond donors (Lipinski definition) is 0.